The highest BCUT2D eigenvalue weighted by atomic mass is 32.2. The highest BCUT2D eigenvalue weighted by Gasteiger charge is 2.27. The Morgan fingerprint density at radius 1 is 1.26 bits per heavy atom. The summed E-state index contributed by atoms with van der Waals surface area (Å²) in [7, 11) is 0. The first-order valence-corrected chi connectivity index (χ1v) is 10.2. The van der Waals surface area contributed by atoms with Crippen LogP contribution in [-0.4, -0.2) is 10.1 Å². The molecule has 0 atom stereocenters. The number of rotatable bonds is 6. The van der Waals surface area contributed by atoms with Crippen LogP contribution in [0.3, 0.4) is 0 Å². The number of aromatic nitrogens is 1. The van der Waals surface area contributed by atoms with E-state index < -0.39 is 5.60 Å². The minimum Gasteiger partial charge on any atom is -0.384 e. The van der Waals surface area contributed by atoms with E-state index in [4.69, 9.17) is 0 Å². The van der Waals surface area contributed by atoms with Crippen molar-refractivity contribution in [2.45, 2.75) is 43.4 Å². The highest BCUT2D eigenvalue weighted by molar-refractivity contribution is 8.02. The zero-order chi connectivity index (χ0) is 16.4. The molecule has 6 heteroatoms. The Bertz CT molecular complexity index is 805. The molecule has 122 valence electrons. The van der Waals surface area contributed by atoms with Crippen molar-refractivity contribution in [3.05, 3.63) is 40.9 Å². The van der Waals surface area contributed by atoms with Gasteiger partial charge in [-0.05, 0) is 49.2 Å². The summed E-state index contributed by atoms with van der Waals surface area (Å²) in [5.74, 6) is 0. The Morgan fingerprint density at radius 3 is 2.78 bits per heavy atom. The van der Waals surface area contributed by atoms with E-state index in [9.17, 15) is 5.11 Å². The lowest BCUT2D eigenvalue weighted by Gasteiger charge is -2.22. The molecule has 3 rings (SSSR count). The SMILES string of the molecule is CCC(O)(CC)c1csc(NSc2cc3cc(C)ccc3s2)n1. The second-order valence-electron chi connectivity index (χ2n) is 5.59. The molecule has 0 fully saturated rings. The van der Waals surface area contributed by atoms with Gasteiger partial charge in [0.1, 0.15) is 5.60 Å². The summed E-state index contributed by atoms with van der Waals surface area (Å²) in [4.78, 5) is 4.55. The molecule has 2 heterocycles. The maximum absolute atomic E-state index is 10.5. The number of anilines is 1. The summed E-state index contributed by atoms with van der Waals surface area (Å²) in [6.07, 6.45) is 1.35. The Hall–Kier alpha value is -1.08. The molecule has 0 spiro atoms. The van der Waals surface area contributed by atoms with E-state index >= 15 is 0 Å². The molecule has 0 aliphatic rings. The van der Waals surface area contributed by atoms with Crippen LogP contribution in [0.5, 0.6) is 0 Å². The summed E-state index contributed by atoms with van der Waals surface area (Å²) in [6.45, 7) is 6.09. The third-order valence-electron chi connectivity index (χ3n) is 4.04. The fourth-order valence-electron chi connectivity index (χ4n) is 2.43. The average molecular weight is 365 g/mol. The summed E-state index contributed by atoms with van der Waals surface area (Å²) in [5, 5.41) is 14.6. The van der Waals surface area contributed by atoms with Crippen LogP contribution < -0.4 is 4.72 Å². The molecule has 0 saturated heterocycles. The molecule has 0 bridgehead atoms. The molecule has 0 radical (unpaired) electrons. The molecular weight excluding hydrogens is 344 g/mol. The molecular formula is C17H20N2OS3. The van der Waals surface area contributed by atoms with Crippen LogP contribution in [0.4, 0.5) is 5.13 Å². The lowest BCUT2D eigenvalue weighted by Crippen LogP contribution is -2.23. The van der Waals surface area contributed by atoms with Gasteiger partial charge in [0.05, 0.1) is 9.90 Å². The van der Waals surface area contributed by atoms with E-state index in [1.54, 1.807) is 23.3 Å². The van der Waals surface area contributed by atoms with Crippen molar-refractivity contribution in [3.63, 3.8) is 0 Å². The molecule has 0 aliphatic heterocycles. The largest absolute Gasteiger partial charge is 0.384 e. The van der Waals surface area contributed by atoms with Gasteiger partial charge in [0.25, 0.3) is 0 Å². The number of nitrogens with one attached hydrogen (secondary N) is 1. The molecule has 3 aromatic rings. The topological polar surface area (TPSA) is 45.1 Å². The number of aliphatic hydroxyl groups is 1. The zero-order valence-corrected chi connectivity index (χ0v) is 15.9. The second kappa shape index (κ2) is 6.81. The first kappa shape index (κ1) is 16.8. The Morgan fingerprint density at radius 2 is 2.04 bits per heavy atom. The van der Waals surface area contributed by atoms with Gasteiger partial charge in [-0.15, -0.1) is 22.7 Å². The normalized spacial score (nSPS) is 12.0. The number of thiazole rings is 1. The van der Waals surface area contributed by atoms with Gasteiger partial charge in [0, 0.05) is 10.1 Å². The van der Waals surface area contributed by atoms with Crippen LogP contribution in [-0.2, 0) is 5.60 Å². The van der Waals surface area contributed by atoms with Crippen molar-refractivity contribution < 1.29 is 5.11 Å². The number of aryl methyl sites for hydroxylation is 1. The summed E-state index contributed by atoms with van der Waals surface area (Å²) in [5.41, 5.74) is 1.24. The van der Waals surface area contributed by atoms with E-state index in [-0.39, 0.29) is 0 Å². The minimum atomic E-state index is -0.809. The summed E-state index contributed by atoms with van der Waals surface area (Å²) in [6, 6.07) is 8.72. The van der Waals surface area contributed by atoms with E-state index in [0.29, 0.717) is 12.8 Å². The first-order valence-electron chi connectivity index (χ1n) is 7.65. The minimum absolute atomic E-state index is 0.676. The van der Waals surface area contributed by atoms with Crippen LogP contribution in [0, 0.1) is 6.92 Å². The van der Waals surface area contributed by atoms with Crippen molar-refractivity contribution in [3.8, 4) is 0 Å². The van der Waals surface area contributed by atoms with Crippen LogP contribution in [0.2, 0.25) is 0 Å². The van der Waals surface area contributed by atoms with Crippen LogP contribution in [0.25, 0.3) is 10.1 Å². The van der Waals surface area contributed by atoms with Crippen molar-refractivity contribution in [1.29, 1.82) is 0 Å². The smallest absolute Gasteiger partial charge is 0.193 e. The highest BCUT2D eigenvalue weighted by Crippen LogP contribution is 2.36. The van der Waals surface area contributed by atoms with Crippen molar-refractivity contribution in [2.24, 2.45) is 0 Å². The predicted molar refractivity (Wildman–Crippen MR) is 103 cm³/mol. The molecule has 3 nitrogen and oxygen atoms in total. The number of nitrogens with zero attached hydrogens (tertiary/aromatic N) is 1. The van der Waals surface area contributed by atoms with Crippen molar-refractivity contribution in [1.82, 2.24) is 4.98 Å². The quantitative estimate of drug-likeness (QED) is 0.543. The maximum Gasteiger partial charge on any atom is 0.193 e. The van der Waals surface area contributed by atoms with E-state index in [1.807, 2.05) is 19.2 Å². The van der Waals surface area contributed by atoms with Gasteiger partial charge in [-0.2, -0.15) is 0 Å². The van der Waals surface area contributed by atoms with Crippen LogP contribution in [0.15, 0.2) is 33.9 Å². The van der Waals surface area contributed by atoms with E-state index in [1.165, 1.54) is 31.2 Å². The zero-order valence-electron chi connectivity index (χ0n) is 13.4. The Kier molecular flexibility index (Phi) is 4.96. The molecule has 2 N–H and O–H groups in total. The standard InChI is InChI=1S/C17H20N2OS3/c1-4-17(20,5-2)14-10-21-16(18-14)19-23-15-9-12-8-11(3)6-7-13(12)22-15/h6-10,20H,4-5H2,1-3H3,(H,18,19). The lowest BCUT2D eigenvalue weighted by molar-refractivity contribution is 0.0247. The average Bonchev–Trinajstić information content (AvgIpc) is 3.18. The van der Waals surface area contributed by atoms with Crippen molar-refractivity contribution in [2.75, 3.05) is 4.72 Å². The van der Waals surface area contributed by atoms with E-state index in [2.05, 4.69) is 40.9 Å². The van der Waals surface area contributed by atoms with E-state index in [0.717, 1.165) is 10.8 Å². The number of hydrogen-bond donors (Lipinski definition) is 2. The van der Waals surface area contributed by atoms with Crippen LogP contribution >= 0.6 is 34.6 Å². The Balaban J connectivity index is 1.71. The number of hydrogen-bond acceptors (Lipinski definition) is 6. The third kappa shape index (κ3) is 3.55. The van der Waals surface area contributed by atoms with Gasteiger partial charge in [0.2, 0.25) is 0 Å². The van der Waals surface area contributed by atoms with Crippen LogP contribution in [0.1, 0.15) is 37.9 Å². The van der Waals surface area contributed by atoms with Gasteiger partial charge >= 0.3 is 0 Å². The number of benzene rings is 1. The second-order valence-corrected chi connectivity index (χ2v) is 8.64. The van der Waals surface area contributed by atoms with Gasteiger partial charge < -0.3 is 9.83 Å². The monoisotopic (exact) mass is 364 g/mol. The molecule has 0 unspecified atom stereocenters. The number of fused-ring (bicyclic) bond motifs is 1. The van der Waals surface area contributed by atoms with Gasteiger partial charge in [-0.3, -0.25) is 0 Å². The Labute approximate surface area is 148 Å². The molecule has 0 amide bonds. The van der Waals surface area contributed by atoms with Gasteiger partial charge in [-0.1, -0.05) is 31.5 Å². The van der Waals surface area contributed by atoms with Gasteiger partial charge in [0.15, 0.2) is 5.13 Å². The molecule has 2 aromatic heterocycles. The molecule has 0 aliphatic carbocycles. The maximum atomic E-state index is 10.5. The first-order chi connectivity index (χ1) is 11.0. The third-order valence-corrected chi connectivity index (χ3v) is 6.95. The lowest BCUT2D eigenvalue weighted by atomic mass is 9.94. The molecule has 23 heavy (non-hydrogen) atoms. The molecule has 0 saturated carbocycles. The predicted octanol–water partition coefficient (Wildman–Crippen LogP) is 5.79. The summed E-state index contributed by atoms with van der Waals surface area (Å²) < 4.78 is 5.81. The fourth-order valence-corrected chi connectivity index (χ4v) is 5.15. The number of thiophene rings is 1. The molecule has 1 aromatic carbocycles. The fraction of sp³-hybridized carbons (Fsp3) is 0.353. The summed E-state index contributed by atoms with van der Waals surface area (Å²) >= 11 is 4.89. The van der Waals surface area contributed by atoms with Gasteiger partial charge in [-0.25, -0.2) is 4.98 Å². The van der Waals surface area contributed by atoms with Crippen molar-refractivity contribution >= 4 is 49.8 Å².